The zero-order valence-electron chi connectivity index (χ0n) is 14.5. The molecule has 0 saturated carbocycles. The van der Waals surface area contributed by atoms with Crippen LogP contribution in [0.1, 0.15) is 12.5 Å². The van der Waals surface area contributed by atoms with Gasteiger partial charge in [0.15, 0.2) is 5.13 Å². The van der Waals surface area contributed by atoms with E-state index in [1.165, 1.54) is 30.4 Å². The van der Waals surface area contributed by atoms with Crippen LogP contribution >= 0.6 is 11.3 Å². The van der Waals surface area contributed by atoms with Crippen LogP contribution in [-0.4, -0.2) is 23.2 Å². The molecule has 0 aliphatic carbocycles. The van der Waals surface area contributed by atoms with E-state index in [0.717, 1.165) is 16.8 Å². The Labute approximate surface area is 161 Å². The SMILES string of the molecule is CC(=O)Nc1nc2ccc(NC(=O)Cc3ccc(OC(F)(F)F)cc3)cc2s1. The molecule has 3 rings (SSSR count). The number of carbonyl (C=O) groups excluding carboxylic acids is 2. The number of benzene rings is 2. The Kier molecular flexibility index (Phi) is 5.50. The number of aromatic nitrogens is 1. The van der Waals surface area contributed by atoms with Crippen molar-refractivity contribution in [2.75, 3.05) is 10.6 Å². The van der Waals surface area contributed by atoms with Crippen molar-refractivity contribution in [3.8, 4) is 5.75 Å². The molecular weight excluding hydrogens is 395 g/mol. The minimum Gasteiger partial charge on any atom is -0.406 e. The van der Waals surface area contributed by atoms with Gasteiger partial charge in [-0.05, 0) is 35.9 Å². The Morgan fingerprint density at radius 3 is 2.46 bits per heavy atom. The topological polar surface area (TPSA) is 80.3 Å². The summed E-state index contributed by atoms with van der Waals surface area (Å²) >= 11 is 1.28. The molecule has 0 aliphatic heterocycles. The number of ether oxygens (including phenoxy) is 1. The first-order valence-corrected chi connectivity index (χ1v) is 8.82. The molecule has 0 saturated heterocycles. The second-order valence-electron chi connectivity index (χ2n) is 5.80. The largest absolute Gasteiger partial charge is 0.573 e. The second kappa shape index (κ2) is 7.85. The van der Waals surface area contributed by atoms with Gasteiger partial charge in [-0.2, -0.15) is 0 Å². The van der Waals surface area contributed by atoms with Crippen LogP contribution in [0.4, 0.5) is 24.0 Å². The molecular formula is C18H14F3N3O3S. The van der Waals surface area contributed by atoms with Crippen molar-refractivity contribution >= 4 is 44.2 Å². The number of halogens is 3. The summed E-state index contributed by atoms with van der Waals surface area (Å²) in [7, 11) is 0. The highest BCUT2D eigenvalue weighted by molar-refractivity contribution is 7.22. The molecule has 2 aromatic carbocycles. The van der Waals surface area contributed by atoms with Crippen LogP contribution in [0.3, 0.4) is 0 Å². The van der Waals surface area contributed by atoms with Crippen LogP contribution in [0.25, 0.3) is 10.2 Å². The maximum absolute atomic E-state index is 12.2. The third kappa shape index (κ3) is 5.43. The number of nitrogens with zero attached hydrogens (tertiary/aromatic N) is 1. The molecule has 1 aromatic heterocycles. The molecule has 3 aromatic rings. The molecule has 0 radical (unpaired) electrons. The van der Waals surface area contributed by atoms with Crippen LogP contribution in [0.15, 0.2) is 42.5 Å². The van der Waals surface area contributed by atoms with Crippen LogP contribution in [0.5, 0.6) is 5.75 Å². The lowest BCUT2D eigenvalue weighted by Crippen LogP contribution is -2.17. The first kappa shape index (κ1) is 19.6. The van der Waals surface area contributed by atoms with E-state index >= 15 is 0 Å². The van der Waals surface area contributed by atoms with Gasteiger partial charge in [-0.3, -0.25) is 9.59 Å². The summed E-state index contributed by atoms with van der Waals surface area (Å²) in [4.78, 5) is 27.5. The summed E-state index contributed by atoms with van der Waals surface area (Å²) in [6.45, 7) is 1.39. The molecule has 1 heterocycles. The number of anilines is 2. The van der Waals surface area contributed by atoms with Gasteiger partial charge in [0.25, 0.3) is 0 Å². The third-order valence-corrected chi connectivity index (χ3v) is 4.41. The van der Waals surface area contributed by atoms with Crippen LogP contribution in [0.2, 0.25) is 0 Å². The number of alkyl halides is 3. The van der Waals surface area contributed by atoms with Gasteiger partial charge in [-0.1, -0.05) is 23.5 Å². The van der Waals surface area contributed by atoms with Crippen molar-refractivity contribution in [2.24, 2.45) is 0 Å². The number of carbonyl (C=O) groups is 2. The average molecular weight is 409 g/mol. The zero-order valence-corrected chi connectivity index (χ0v) is 15.3. The van der Waals surface area contributed by atoms with Crippen molar-refractivity contribution in [3.05, 3.63) is 48.0 Å². The molecule has 2 amide bonds. The van der Waals surface area contributed by atoms with Gasteiger partial charge in [-0.15, -0.1) is 13.2 Å². The monoisotopic (exact) mass is 409 g/mol. The summed E-state index contributed by atoms with van der Waals surface area (Å²) < 4.78 is 41.1. The fourth-order valence-electron chi connectivity index (χ4n) is 2.41. The zero-order chi connectivity index (χ0) is 20.3. The molecule has 0 spiro atoms. The second-order valence-corrected chi connectivity index (χ2v) is 6.83. The summed E-state index contributed by atoms with van der Waals surface area (Å²) in [6, 6.07) is 10.2. The molecule has 0 bridgehead atoms. The van der Waals surface area contributed by atoms with Crippen molar-refractivity contribution in [3.63, 3.8) is 0 Å². The molecule has 0 atom stereocenters. The van der Waals surface area contributed by atoms with E-state index in [0.29, 0.717) is 21.9 Å². The predicted molar refractivity (Wildman–Crippen MR) is 99.4 cm³/mol. The standard InChI is InChI=1S/C18H14F3N3O3S/c1-10(25)22-17-24-14-7-4-12(9-15(14)28-17)23-16(26)8-11-2-5-13(6-3-11)27-18(19,20)21/h2-7,9H,8H2,1H3,(H,23,26)(H,22,24,25). The van der Waals surface area contributed by atoms with Crippen molar-refractivity contribution in [1.29, 1.82) is 0 Å². The van der Waals surface area contributed by atoms with Crippen LogP contribution < -0.4 is 15.4 Å². The Morgan fingerprint density at radius 2 is 1.82 bits per heavy atom. The van der Waals surface area contributed by atoms with Gasteiger partial charge in [0, 0.05) is 12.6 Å². The van der Waals surface area contributed by atoms with Crippen molar-refractivity contribution in [2.45, 2.75) is 19.7 Å². The Morgan fingerprint density at radius 1 is 1.11 bits per heavy atom. The van der Waals surface area contributed by atoms with Gasteiger partial charge in [0.05, 0.1) is 16.6 Å². The number of rotatable bonds is 5. The molecule has 0 aliphatic rings. The lowest BCUT2D eigenvalue weighted by atomic mass is 10.1. The first-order valence-electron chi connectivity index (χ1n) is 8.01. The fraction of sp³-hybridized carbons (Fsp3) is 0.167. The first-order chi connectivity index (χ1) is 13.2. The van der Waals surface area contributed by atoms with E-state index < -0.39 is 6.36 Å². The number of fused-ring (bicyclic) bond motifs is 1. The molecule has 146 valence electrons. The highest BCUT2D eigenvalue weighted by Crippen LogP contribution is 2.28. The summed E-state index contributed by atoms with van der Waals surface area (Å²) in [5, 5.41) is 5.80. The Hall–Kier alpha value is -3.14. The lowest BCUT2D eigenvalue weighted by Gasteiger charge is -2.09. The molecule has 0 unspecified atom stereocenters. The van der Waals surface area contributed by atoms with Crippen LogP contribution in [0, 0.1) is 0 Å². The third-order valence-electron chi connectivity index (χ3n) is 3.48. The van der Waals surface area contributed by atoms with Gasteiger partial charge >= 0.3 is 6.36 Å². The highest BCUT2D eigenvalue weighted by Gasteiger charge is 2.30. The Balaban J connectivity index is 1.63. The highest BCUT2D eigenvalue weighted by atomic mass is 32.1. The molecule has 10 heteroatoms. The van der Waals surface area contributed by atoms with Gasteiger partial charge in [-0.25, -0.2) is 4.98 Å². The van der Waals surface area contributed by atoms with E-state index in [1.807, 2.05) is 0 Å². The lowest BCUT2D eigenvalue weighted by molar-refractivity contribution is -0.274. The maximum Gasteiger partial charge on any atom is 0.573 e. The average Bonchev–Trinajstić information content (AvgIpc) is 2.96. The van der Waals surface area contributed by atoms with Gasteiger partial charge < -0.3 is 15.4 Å². The molecule has 0 fully saturated rings. The molecule has 6 nitrogen and oxygen atoms in total. The van der Waals surface area contributed by atoms with Gasteiger partial charge in [0.1, 0.15) is 5.75 Å². The Bertz CT molecular complexity index is 1020. The number of hydrogen-bond donors (Lipinski definition) is 2. The normalized spacial score (nSPS) is 11.3. The van der Waals surface area contributed by atoms with Crippen molar-refractivity contribution < 1.29 is 27.5 Å². The molecule has 28 heavy (non-hydrogen) atoms. The predicted octanol–water partition coefficient (Wildman–Crippen LogP) is 4.33. The quantitative estimate of drug-likeness (QED) is 0.657. The van der Waals surface area contributed by atoms with E-state index in [4.69, 9.17) is 0 Å². The van der Waals surface area contributed by atoms with E-state index in [1.54, 1.807) is 18.2 Å². The van der Waals surface area contributed by atoms with Gasteiger partial charge in [0.2, 0.25) is 11.8 Å². The summed E-state index contributed by atoms with van der Waals surface area (Å²) in [5.74, 6) is -0.892. The number of amides is 2. The van der Waals surface area contributed by atoms with E-state index in [9.17, 15) is 22.8 Å². The van der Waals surface area contributed by atoms with Crippen LogP contribution in [-0.2, 0) is 16.0 Å². The van der Waals surface area contributed by atoms with E-state index in [-0.39, 0.29) is 24.0 Å². The smallest absolute Gasteiger partial charge is 0.406 e. The summed E-state index contributed by atoms with van der Waals surface area (Å²) in [6.07, 6.45) is -4.77. The fourth-order valence-corrected chi connectivity index (χ4v) is 3.36. The maximum atomic E-state index is 12.2. The number of nitrogens with one attached hydrogen (secondary N) is 2. The number of thiazole rings is 1. The number of hydrogen-bond acceptors (Lipinski definition) is 5. The minimum absolute atomic E-state index is 0.00975. The summed E-state index contributed by atoms with van der Waals surface area (Å²) in [5.41, 5.74) is 1.78. The molecule has 2 N–H and O–H groups in total. The van der Waals surface area contributed by atoms with Crippen molar-refractivity contribution in [1.82, 2.24) is 4.98 Å². The minimum atomic E-state index is -4.76. The van der Waals surface area contributed by atoms with E-state index in [2.05, 4.69) is 20.4 Å².